The van der Waals surface area contributed by atoms with E-state index in [1.54, 1.807) is 0 Å². The second-order valence-electron chi connectivity index (χ2n) is 5.76. The Morgan fingerprint density at radius 3 is 2.64 bits per heavy atom. The van der Waals surface area contributed by atoms with Gasteiger partial charge in [-0.15, -0.1) is 0 Å². The number of aliphatic hydroxyl groups excluding tert-OH is 1. The molecule has 2 nitrogen and oxygen atoms in total. The number of rotatable bonds is 2. The van der Waals surface area contributed by atoms with Crippen LogP contribution >= 0.6 is 0 Å². The van der Waals surface area contributed by atoms with Crippen molar-refractivity contribution in [3.63, 3.8) is 0 Å². The first-order valence-electron chi connectivity index (χ1n) is 5.81. The minimum Gasteiger partial charge on any atom is -0.396 e. The fourth-order valence-corrected chi connectivity index (χ4v) is 3.47. The Balaban J connectivity index is 2.14. The van der Waals surface area contributed by atoms with Gasteiger partial charge in [0.2, 0.25) is 0 Å². The summed E-state index contributed by atoms with van der Waals surface area (Å²) in [5.41, 5.74) is 0.279. The summed E-state index contributed by atoms with van der Waals surface area (Å²) >= 11 is 0. The molecule has 3 saturated heterocycles. The highest BCUT2D eigenvalue weighted by atomic mass is 16.3. The molecule has 3 fully saturated rings. The molecule has 2 radical (unpaired) electrons. The summed E-state index contributed by atoms with van der Waals surface area (Å²) in [5, 5.41) is 9.10. The predicted octanol–water partition coefficient (Wildman–Crippen LogP) is 1.09. The van der Waals surface area contributed by atoms with Crippen molar-refractivity contribution in [2.75, 3.05) is 26.2 Å². The molecule has 1 atom stereocenters. The van der Waals surface area contributed by atoms with Crippen molar-refractivity contribution in [3.05, 3.63) is 0 Å². The molecule has 0 aliphatic carbocycles. The van der Waals surface area contributed by atoms with Gasteiger partial charge in [-0.2, -0.15) is 0 Å². The summed E-state index contributed by atoms with van der Waals surface area (Å²) in [6.07, 6.45) is 4.76. The highest BCUT2D eigenvalue weighted by Crippen LogP contribution is 2.42. The smallest absolute Gasteiger partial charge is 0.396 e. The van der Waals surface area contributed by atoms with Gasteiger partial charge in [0.15, 0.2) is 0 Å². The molecule has 0 aromatic rings. The third-order valence-electron chi connectivity index (χ3n) is 4.16. The van der Waals surface area contributed by atoms with Crippen molar-refractivity contribution < 1.29 is 9.50 Å². The second-order valence-corrected chi connectivity index (χ2v) is 5.76. The third kappa shape index (κ3) is 1.99. The third-order valence-corrected chi connectivity index (χ3v) is 4.16. The zero-order valence-corrected chi connectivity index (χ0v) is 9.21. The van der Waals surface area contributed by atoms with E-state index in [-0.39, 0.29) is 5.41 Å². The van der Waals surface area contributed by atoms with Gasteiger partial charge in [-0.25, -0.2) is 0 Å². The Morgan fingerprint density at radius 2 is 2.07 bits per heavy atom. The highest BCUT2D eigenvalue weighted by Gasteiger charge is 2.43. The van der Waals surface area contributed by atoms with Gasteiger partial charge in [0.1, 0.15) is 0 Å². The van der Waals surface area contributed by atoms with Crippen LogP contribution in [0.1, 0.15) is 32.6 Å². The number of nitrogens with zero attached hydrogens (tertiary/aromatic N) is 1. The van der Waals surface area contributed by atoms with Gasteiger partial charge in [-0.1, -0.05) is 6.92 Å². The van der Waals surface area contributed by atoms with Crippen LogP contribution in [-0.2, 0) is 0 Å². The van der Waals surface area contributed by atoms with Crippen molar-refractivity contribution in [1.29, 1.82) is 0 Å². The molecule has 0 saturated carbocycles. The van der Waals surface area contributed by atoms with Crippen LogP contribution < -0.4 is 0 Å². The molecule has 0 aromatic carbocycles. The molecule has 3 aliphatic heterocycles. The summed E-state index contributed by atoms with van der Waals surface area (Å²) in [7, 11) is 6.36. The normalized spacial score (nSPS) is 47.7. The SMILES string of the molecule is [B][N+]12CCC(CC1)CC(C)(CCO)C2. The quantitative estimate of drug-likeness (QED) is 0.652. The standard InChI is InChI=1S/C11H21BNO/c1-11(4-7-14)8-10-2-5-13(12,9-11)6-3-10/h10,14H,2-9H2,1H3/q+1. The second kappa shape index (κ2) is 3.53. The molecule has 0 amide bonds. The van der Waals surface area contributed by atoms with Gasteiger partial charge < -0.3 is 9.50 Å². The van der Waals surface area contributed by atoms with Gasteiger partial charge in [-0.05, 0) is 31.6 Å². The molecule has 78 valence electrons. The molecule has 3 aliphatic rings. The Hall–Kier alpha value is -0.0151. The van der Waals surface area contributed by atoms with Crippen LogP contribution in [0.2, 0.25) is 0 Å². The maximum absolute atomic E-state index is 9.10. The van der Waals surface area contributed by atoms with Gasteiger partial charge in [0.05, 0.1) is 19.6 Å². The Kier molecular flexibility index (Phi) is 2.65. The highest BCUT2D eigenvalue weighted by molar-refractivity contribution is 5.97. The Labute approximate surface area is 88.3 Å². The molecular weight excluding hydrogens is 173 g/mol. The van der Waals surface area contributed by atoms with Gasteiger partial charge in [-0.3, -0.25) is 0 Å². The number of aliphatic hydroxyl groups is 1. The van der Waals surface area contributed by atoms with Crippen LogP contribution in [0, 0.1) is 11.3 Å². The van der Waals surface area contributed by atoms with E-state index < -0.39 is 0 Å². The average Bonchev–Trinajstić information content (AvgIpc) is 2.28. The Bertz CT molecular complexity index is 213. The van der Waals surface area contributed by atoms with E-state index >= 15 is 0 Å². The van der Waals surface area contributed by atoms with E-state index in [0.717, 1.165) is 36.4 Å². The maximum Gasteiger partial charge on any atom is 0.481 e. The average molecular weight is 194 g/mol. The van der Waals surface area contributed by atoms with E-state index in [0.29, 0.717) is 6.61 Å². The minimum atomic E-state index is 0.279. The summed E-state index contributed by atoms with van der Waals surface area (Å²) in [5.74, 6) is 0.865. The predicted molar refractivity (Wildman–Crippen MR) is 57.8 cm³/mol. The molecule has 2 bridgehead atoms. The Morgan fingerprint density at radius 1 is 1.43 bits per heavy atom. The molecule has 1 unspecified atom stereocenters. The summed E-state index contributed by atoms with van der Waals surface area (Å²) in [6.45, 7) is 5.96. The number of hydrogen-bond donors (Lipinski definition) is 1. The molecule has 14 heavy (non-hydrogen) atoms. The zero-order valence-electron chi connectivity index (χ0n) is 9.21. The lowest BCUT2D eigenvalue weighted by atomic mass is 9.78. The minimum absolute atomic E-state index is 0.279. The molecule has 3 rings (SSSR count). The van der Waals surface area contributed by atoms with E-state index in [1.165, 1.54) is 19.3 Å². The summed E-state index contributed by atoms with van der Waals surface area (Å²) in [4.78, 5) is 0. The van der Waals surface area contributed by atoms with E-state index in [2.05, 4.69) is 6.92 Å². The van der Waals surface area contributed by atoms with E-state index in [4.69, 9.17) is 13.1 Å². The fourth-order valence-electron chi connectivity index (χ4n) is 3.47. The van der Waals surface area contributed by atoms with Crippen LogP contribution in [0.3, 0.4) is 0 Å². The first-order chi connectivity index (χ1) is 6.55. The lowest BCUT2D eigenvalue weighted by molar-refractivity contribution is -0.827. The van der Waals surface area contributed by atoms with Crippen LogP contribution in [0.15, 0.2) is 0 Å². The first-order valence-corrected chi connectivity index (χ1v) is 5.81. The molecule has 1 N–H and O–H groups in total. The maximum atomic E-state index is 9.10. The van der Waals surface area contributed by atoms with Gasteiger partial charge in [0, 0.05) is 12.0 Å². The monoisotopic (exact) mass is 194 g/mol. The van der Waals surface area contributed by atoms with Gasteiger partial charge in [0.25, 0.3) is 0 Å². The summed E-state index contributed by atoms with van der Waals surface area (Å²) in [6, 6.07) is 0. The molecule has 0 spiro atoms. The molecule has 3 heteroatoms. The molecular formula is C11H21BNO+. The number of piperidine rings is 1. The van der Waals surface area contributed by atoms with Crippen LogP contribution in [0.25, 0.3) is 0 Å². The lowest BCUT2D eigenvalue weighted by Crippen LogP contribution is -2.52. The van der Waals surface area contributed by atoms with E-state index in [9.17, 15) is 0 Å². The van der Waals surface area contributed by atoms with Crippen molar-refractivity contribution in [2.24, 2.45) is 11.3 Å². The summed E-state index contributed by atoms with van der Waals surface area (Å²) < 4.78 is 0.757. The van der Waals surface area contributed by atoms with Crippen molar-refractivity contribution in [3.8, 4) is 0 Å². The van der Waals surface area contributed by atoms with Gasteiger partial charge >= 0.3 is 7.98 Å². The first kappa shape index (κ1) is 10.5. The van der Waals surface area contributed by atoms with Crippen LogP contribution in [0.4, 0.5) is 0 Å². The van der Waals surface area contributed by atoms with E-state index in [1.807, 2.05) is 0 Å². The number of quaternary nitrogens is 1. The number of fused-ring (bicyclic) bond motifs is 4. The van der Waals surface area contributed by atoms with Crippen LogP contribution in [-0.4, -0.2) is 43.7 Å². The fraction of sp³-hybridized carbons (Fsp3) is 1.00. The van der Waals surface area contributed by atoms with Crippen molar-refractivity contribution in [2.45, 2.75) is 32.6 Å². The van der Waals surface area contributed by atoms with Crippen LogP contribution in [0.5, 0.6) is 0 Å². The lowest BCUT2D eigenvalue weighted by Gasteiger charge is -2.41. The number of hydrogen-bond acceptors (Lipinski definition) is 1. The van der Waals surface area contributed by atoms with Crippen molar-refractivity contribution in [1.82, 2.24) is 0 Å². The zero-order chi connectivity index (χ0) is 10.2. The van der Waals surface area contributed by atoms with Crippen molar-refractivity contribution >= 4 is 7.98 Å². The topological polar surface area (TPSA) is 20.2 Å². The molecule has 0 aromatic heterocycles. The largest absolute Gasteiger partial charge is 0.481 e. The molecule has 3 heterocycles.